The Morgan fingerprint density at radius 3 is 1.94 bits per heavy atom. The summed E-state index contributed by atoms with van der Waals surface area (Å²) in [6.07, 6.45) is 5.09. The van der Waals surface area contributed by atoms with Gasteiger partial charge in [-0.1, -0.05) is 48.0 Å². The van der Waals surface area contributed by atoms with E-state index in [9.17, 15) is 4.79 Å². The number of carboxylic acids is 2. The maximum absolute atomic E-state index is 12.5. The van der Waals surface area contributed by atoms with Crippen LogP contribution in [0.1, 0.15) is 42.7 Å². The van der Waals surface area contributed by atoms with Crippen LogP contribution in [-0.2, 0) is 14.4 Å². The highest BCUT2D eigenvalue weighted by Crippen LogP contribution is 2.34. The van der Waals surface area contributed by atoms with E-state index in [1.165, 1.54) is 36.8 Å². The molecule has 8 heteroatoms. The van der Waals surface area contributed by atoms with E-state index in [-0.39, 0.29) is 12.5 Å². The molecule has 2 aromatic rings. The number of amides is 1. The van der Waals surface area contributed by atoms with Crippen molar-refractivity contribution in [3.8, 4) is 5.75 Å². The second-order valence-electron chi connectivity index (χ2n) is 9.04. The van der Waals surface area contributed by atoms with Gasteiger partial charge < -0.3 is 19.8 Å². The monoisotopic (exact) mass is 482 g/mol. The van der Waals surface area contributed by atoms with Gasteiger partial charge in [-0.2, -0.15) is 0 Å². The minimum absolute atomic E-state index is 0.0954. The lowest BCUT2D eigenvalue weighted by molar-refractivity contribution is -0.159. The van der Waals surface area contributed by atoms with Gasteiger partial charge in [0.2, 0.25) is 0 Å². The molecule has 1 amide bonds. The molecule has 0 radical (unpaired) electrons. The van der Waals surface area contributed by atoms with Crippen LogP contribution in [-0.4, -0.2) is 76.7 Å². The highest BCUT2D eigenvalue weighted by Gasteiger charge is 2.30. The van der Waals surface area contributed by atoms with Crippen LogP contribution in [0.4, 0.5) is 0 Å². The van der Waals surface area contributed by atoms with Crippen LogP contribution in [0, 0.1) is 6.92 Å². The highest BCUT2D eigenvalue weighted by atomic mass is 16.5. The Bertz CT molecular complexity index is 951. The molecule has 35 heavy (non-hydrogen) atoms. The number of hydrogen-bond acceptors (Lipinski definition) is 5. The fourth-order valence-electron chi connectivity index (χ4n) is 4.71. The largest absolute Gasteiger partial charge is 0.484 e. The first-order valence-corrected chi connectivity index (χ1v) is 12.1. The molecule has 188 valence electrons. The van der Waals surface area contributed by atoms with Gasteiger partial charge in [-0.05, 0) is 56.2 Å². The van der Waals surface area contributed by atoms with Crippen molar-refractivity contribution < 1.29 is 29.3 Å². The zero-order valence-corrected chi connectivity index (χ0v) is 20.1. The number of aliphatic carboxylic acids is 2. The van der Waals surface area contributed by atoms with Gasteiger partial charge in [0, 0.05) is 32.2 Å². The lowest BCUT2D eigenvalue weighted by Gasteiger charge is -2.42. The Balaban J connectivity index is 0.000000509. The van der Waals surface area contributed by atoms with Crippen molar-refractivity contribution in [1.29, 1.82) is 0 Å². The number of piperazine rings is 1. The van der Waals surface area contributed by atoms with E-state index < -0.39 is 11.9 Å². The summed E-state index contributed by atoms with van der Waals surface area (Å²) < 4.78 is 5.67. The van der Waals surface area contributed by atoms with Gasteiger partial charge in [0.25, 0.3) is 5.91 Å². The average molecular weight is 483 g/mol. The van der Waals surface area contributed by atoms with Crippen LogP contribution in [0.15, 0.2) is 54.6 Å². The van der Waals surface area contributed by atoms with Crippen molar-refractivity contribution in [2.75, 3.05) is 32.8 Å². The Morgan fingerprint density at radius 2 is 1.40 bits per heavy atom. The summed E-state index contributed by atoms with van der Waals surface area (Å²) >= 11 is 0. The fourth-order valence-corrected chi connectivity index (χ4v) is 4.71. The maximum atomic E-state index is 12.5. The van der Waals surface area contributed by atoms with Gasteiger partial charge >= 0.3 is 11.9 Å². The molecule has 1 aliphatic carbocycles. The van der Waals surface area contributed by atoms with Gasteiger partial charge in [0.15, 0.2) is 6.61 Å². The number of carbonyl (C=O) groups is 3. The molecule has 4 rings (SSSR count). The third-order valence-electron chi connectivity index (χ3n) is 6.72. The van der Waals surface area contributed by atoms with Gasteiger partial charge in [-0.3, -0.25) is 9.69 Å². The highest BCUT2D eigenvalue weighted by molar-refractivity contribution is 6.27. The molecule has 2 N–H and O–H groups in total. The first-order chi connectivity index (χ1) is 16.8. The topological polar surface area (TPSA) is 107 Å². The zero-order chi connectivity index (χ0) is 25.2. The lowest BCUT2D eigenvalue weighted by atomic mass is 9.81. The van der Waals surface area contributed by atoms with Crippen molar-refractivity contribution >= 4 is 17.8 Å². The van der Waals surface area contributed by atoms with Crippen molar-refractivity contribution in [2.45, 2.75) is 44.6 Å². The molecule has 0 unspecified atom stereocenters. The summed E-state index contributed by atoms with van der Waals surface area (Å²) in [5.41, 5.74) is 2.69. The molecule has 0 spiro atoms. The number of hydrogen-bond donors (Lipinski definition) is 2. The van der Waals surface area contributed by atoms with Crippen molar-refractivity contribution in [3.63, 3.8) is 0 Å². The van der Waals surface area contributed by atoms with Gasteiger partial charge in [-0.15, -0.1) is 0 Å². The van der Waals surface area contributed by atoms with Crippen molar-refractivity contribution in [3.05, 3.63) is 65.7 Å². The van der Waals surface area contributed by atoms with E-state index in [0.29, 0.717) is 12.0 Å². The van der Waals surface area contributed by atoms with Gasteiger partial charge in [-0.25, -0.2) is 9.59 Å². The number of carbonyl (C=O) groups excluding carboxylic acids is 1. The second-order valence-corrected chi connectivity index (χ2v) is 9.04. The normalized spacial score (nSPS) is 20.3. The Morgan fingerprint density at radius 1 is 0.829 bits per heavy atom. The molecule has 1 aliphatic heterocycles. The van der Waals surface area contributed by atoms with Gasteiger partial charge in [0.1, 0.15) is 5.75 Å². The molecular formula is C27H34N2O6. The molecule has 0 bridgehead atoms. The number of rotatable bonds is 5. The minimum Gasteiger partial charge on any atom is -0.484 e. The van der Waals surface area contributed by atoms with Crippen LogP contribution >= 0.6 is 0 Å². The Hall–Kier alpha value is -3.39. The third kappa shape index (κ3) is 8.10. The number of ether oxygens (including phenoxy) is 1. The van der Waals surface area contributed by atoms with Crippen LogP contribution in [0.3, 0.4) is 0 Å². The first kappa shape index (κ1) is 26.2. The summed E-state index contributed by atoms with van der Waals surface area (Å²) in [6.45, 7) is 5.77. The van der Waals surface area contributed by atoms with Crippen LogP contribution < -0.4 is 4.74 Å². The molecule has 2 aromatic carbocycles. The van der Waals surface area contributed by atoms with Crippen molar-refractivity contribution in [1.82, 2.24) is 9.80 Å². The Labute approximate surface area is 206 Å². The van der Waals surface area contributed by atoms with Crippen LogP contribution in [0.25, 0.3) is 0 Å². The molecule has 1 saturated heterocycles. The zero-order valence-electron chi connectivity index (χ0n) is 20.1. The number of nitrogens with zero attached hydrogens (tertiary/aromatic N) is 2. The smallest absolute Gasteiger partial charge is 0.414 e. The van der Waals surface area contributed by atoms with E-state index in [1.54, 1.807) is 0 Å². The SMILES string of the molecule is Cc1ccc(OCC(=O)N2CCN(C3CCC(c4ccccc4)CC3)CC2)cc1.O=C(O)C(=O)O. The lowest BCUT2D eigenvalue weighted by Crippen LogP contribution is -2.53. The average Bonchev–Trinajstić information content (AvgIpc) is 2.89. The van der Waals surface area contributed by atoms with E-state index in [0.717, 1.165) is 31.9 Å². The molecule has 2 aliphatic rings. The summed E-state index contributed by atoms with van der Waals surface area (Å²) in [5, 5.41) is 14.8. The standard InChI is InChI=1S/C25H32N2O2.C2H2O4/c1-20-7-13-24(14-8-20)29-19-25(28)27-17-15-26(16-18-27)23-11-9-22(10-12-23)21-5-3-2-4-6-21;3-1(4)2(5)6/h2-8,13-14,22-23H,9-12,15-19H2,1H3;(H,3,4)(H,5,6). The molecule has 0 aromatic heterocycles. The predicted octanol–water partition coefficient (Wildman–Crippen LogP) is 3.40. The number of aryl methyl sites for hydroxylation is 1. The molecule has 0 atom stereocenters. The molecular weight excluding hydrogens is 448 g/mol. The summed E-state index contributed by atoms with van der Waals surface area (Å²) in [7, 11) is 0. The number of carboxylic acid groups (broad SMARTS) is 2. The second kappa shape index (κ2) is 12.9. The molecule has 1 saturated carbocycles. The molecule has 1 heterocycles. The summed E-state index contributed by atoms with van der Waals surface area (Å²) in [5.74, 6) is -2.07. The van der Waals surface area contributed by atoms with Crippen molar-refractivity contribution in [2.24, 2.45) is 0 Å². The van der Waals surface area contributed by atoms with Crippen LogP contribution in [0.5, 0.6) is 5.75 Å². The summed E-state index contributed by atoms with van der Waals surface area (Å²) in [4.78, 5) is 35.3. The van der Waals surface area contributed by atoms with E-state index in [4.69, 9.17) is 24.5 Å². The van der Waals surface area contributed by atoms with E-state index in [1.807, 2.05) is 36.1 Å². The van der Waals surface area contributed by atoms with E-state index in [2.05, 4.69) is 35.2 Å². The third-order valence-corrected chi connectivity index (χ3v) is 6.72. The van der Waals surface area contributed by atoms with Gasteiger partial charge in [0.05, 0.1) is 0 Å². The van der Waals surface area contributed by atoms with E-state index >= 15 is 0 Å². The number of benzene rings is 2. The molecule has 2 fully saturated rings. The summed E-state index contributed by atoms with van der Waals surface area (Å²) in [6, 6.07) is 19.5. The van der Waals surface area contributed by atoms with Crippen LogP contribution in [0.2, 0.25) is 0 Å². The first-order valence-electron chi connectivity index (χ1n) is 12.1. The maximum Gasteiger partial charge on any atom is 0.414 e. The fraction of sp³-hybridized carbons (Fsp3) is 0.444. The quantitative estimate of drug-likeness (QED) is 0.629. The predicted molar refractivity (Wildman–Crippen MR) is 132 cm³/mol. The minimum atomic E-state index is -1.82. The Kier molecular flexibility index (Phi) is 9.66. The molecule has 8 nitrogen and oxygen atoms in total.